The molecular weight excluding hydrogens is 476 g/mol. The molecule has 2 rings (SSSR count). The normalized spacial score (nSPS) is 15.8. The Hall–Kier alpha value is -1.40. The summed E-state index contributed by atoms with van der Waals surface area (Å²) in [5.41, 5.74) is 0.890. The van der Waals surface area contributed by atoms with Gasteiger partial charge in [-0.05, 0) is 23.8 Å². The summed E-state index contributed by atoms with van der Waals surface area (Å²) >= 11 is 0. The van der Waals surface area contributed by atoms with Crippen LogP contribution in [0.2, 0.25) is 0 Å². The summed E-state index contributed by atoms with van der Waals surface area (Å²) in [6, 6.07) is 6.83. The maximum atomic E-state index is 11.4. The molecule has 1 heterocycles. The van der Waals surface area contributed by atoms with Crippen molar-refractivity contribution in [1.29, 1.82) is 0 Å². The Morgan fingerprint density at radius 3 is 2.70 bits per heavy atom. The largest absolute Gasteiger partial charge is 0.568 e. The van der Waals surface area contributed by atoms with Crippen molar-refractivity contribution in [3.63, 3.8) is 0 Å². The minimum atomic E-state index is -0.826. The van der Waals surface area contributed by atoms with Crippen LogP contribution in [0.5, 0.6) is 5.75 Å². The third-order valence-electron chi connectivity index (χ3n) is 2.49. The fourth-order valence-electron chi connectivity index (χ4n) is 1.39. The van der Waals surface area contributed by atoms with Crippen molar-refractivity contribution in [2.24, 2.45) is 0 Å². The maximum absolute atomic E-state index is 11.4. The van der Waals surface area contributed by atoms with Gasteiger partial charge in [-0.2, -0.15) is 6.61 Å². The average molecular weight is 493 g/mol. The summed E-state index contributed by atoms with van der Waals surface area (Å²) < 4.78 is 29.3. The standard InChI is InChI=1S/C15H17O7.W/c1-17-10-18-7-6-12-2-4-13(5-3-12)22-15(16)21-11-19-8-14-9-20-14;/h2-7,9,14H,8,10-11H2,1H3;/q-1;. The molecule has 0 radical (unpaired) electrons. The molecule has 23 heavy (non-hydrogen) atoms. The summed E-state index contributed by atoms with van der Waals surface area (Å²) in [7, 11) is 1.54. The van der Waals surface area contributed by atoms with Gasteiger partial charge in [0.2, 0.25) is 0 Å². The Balaban J connectivity index is 0.00000264. The number of ether oxygens (including phenoxy) is 6. The van der Waals surface area contributed by atoms with Gasteiger partial charge in [0.1, 0.15) is 5.75 Å². The van der Waals surface area contributed by atoms with E-state index in [4.69, 9.17) is 28.4 Å². The molecule has 1 saturated heterocycles. The summed E-state index contributed by atoms with van der Waals surface area (Å²) in [5, 5.41) is 0. The second kappa shape index (κ2) is 11.2. The van der Waals surface area contributed by atoms with E-state index >= 15 is 0 Å². The van der Waals surface area contributed by atoms with Crippen molar-refractivity contribution in [3.05, 3.63) is 42.7 Å². The van der Waals surface area contributed by atoms with E-state index in [0.29, 0.717) is 12.4 Å². The maximum Gasteiger partial charge on any atom is 0.515 e. The van der Waals surface area contributed by atoms with Crippen LogP contribution in [0.15, 0.2) is 30.5 Å². The molecule has 0 aromatic heterocycles. The van der Waals surface area contributed by atoms with Gasteiger partial charge in [0.05, 0.1) is 6.26 Å². The van der Waals surface area contributed by atoms with Crippen LogP contribution >= 0.6 is 0 Å². The third kappa shape index (κ3) is 8.71. The number of carbonyl (C=O) groups excluding carboxylic acids is 1. The first-order valence-electron chi connectivity index (χ1n) is 6.56. The molecule has 1 unspecified atom stereocenters. The van der Waals surface area contributed by atoms with Crippen LogP contribution in [0.1, 0.15) is 5.56 Å². The molecule has 8 heteroatoms. The van der Waals surface area contributed by atoms with E-state index in [2.05, 4.69) is 0 Å². The van der Waals surface area contributed by atoms with Crippen molar-refractivity contribution < 1.29 is 54.3 Å². The van der Waals surface area contributed by atoms with Gasteiger partial charge in [-0.15, -0.1) is 0 Å². The van der Waals surface area contributed by atoms with E-state index in [1.165, 1.54) is 6.26 Å². The van der Waals surface area contributed by atoms with Crippen LogP contribution in [0.3, 0.4) is 0 Å². The van der Waals surface area contributed by atoms with Crippen LogP contribution < -0.4 is 4.74 Å². The zero-order chi connectivity index (χ0) is 15.6. The Bertz CT molecular complexity index is 485. The molecule has 0 spiro atoms. The van der Waals surface area contributed by atoms with E-state index in [1.54, 1.807) is 44.1 Å². The SMILES string of the molecule is COCOC=Cc1ccc(OC(=O)OCOCC2[CH-]O2)cc1.[W]. The Labute approximate surface area is 148 Å². The van der Waals surface area contributed by atoms with E-state index in [-0.39, 0.29) is 40.8 Å². The van der Waals surface area contributed by atoms with Crippen LogP contribution in [-0.2, 0) is 44.7 Å². The van der Waals surface area contributed by atoms with Gasteiger partial charge < -0.3 is 28.4 Å². The van der Waals surface area contributed by atoms with Gasteiger partial charge in [-0.3, -0.25) is 0 Å². The number of benzene rings is 1. The number of carbonyl (C=O) groups is 1. The molecule has 1 fully saturated rings. The smallest absolute Gasteiger partial charge is 0.515 e. The Kier molecular flexibility index (Phi) is 9.55. The second-order valence-electron chi connectivity index (χ2n) is 4.24. The van der Waals surface area contributed by atoms with Gasteiger partial charge in [0, 0.05) is 34.8 Å². The first kappa shape index (κ1) is 19.6. The molecule has 0 bridgehead atoms. The van der Waals surface area contributed by atoms with E-state index < -0.39 is 6.16 Å². The van der Waals surface area contributed by atoms with E-state index in [0.717, 1.165) is 5.56 Å². The predicted octanol–water partition coefficient (Wildman–Crippen LogP) is 2.33. The van der Waals surface area contributed by atoms with Crippen LogP contribution in [0.25, 0.3) is 6.08 Å². The molecule has 7 nitrogen and oxygen atoms in total. The average Bonchev–Trinajstić information content (AvgIpc) is 3.34. The van der Waals surface area contributed by atoms with Crippen LogP contribution in [0, 0.1) is 6.61 Å². The fraction of sp³-hybridized carbons (Fsp3) is 0.333. The predicted molar refractivity (Wildman–Crippen MR) is 75.5 cm³/mol. The fourth-order valence-corrected chi connectivity index (χ4v) is 1.39. The van der Waals surface area contributed by atoms with Crippen molar-refractivity contribution >= 4 is 12.2 Å². The van der Waals surface area contributed by atoms with Crippen LogP contribution in [-0.4, -0.2) is 39.6 Å². The molecule has 1 aromatic carbocycles. The first-order chi connectivity index (χ1) is 10.8. The third-order valence-corrected chi connectivity index (χ3v) is 2.49. The van der Waals surface area contributed by atoms with E-state index in [1.807, 2.05) is 0 Å². The molecule has 1 aliphatic heterocycles. The number of rotatable bonds is 9. The quantitative estimate of drug-likeness (QED) is 0.0995. The summed E-state index contributed by atoms with van der Waals surface area (Å²) in [5.74, 6) is 0.374. The molecule has 0 amide bonds. The number of hydrogen-bond acceptors (Lipinski definition) is 7. The molecule has 126 valence electrons. The minimum absolute atomic E-state index is 0. The van der Waals surface area contributed by atoms with Crippen molar-refractivity contribution in [3.8, 4) is 5.75 Å². The zero-order valence-corrected chi connectivity index (χ0v) is 15.4. The van der Waals surface area contributed by atoms with Crippen molar-refractivity contribution in [1.82, 2.24) is 0 Å². The van der Waals surface area contributed by atoms with Gasteiger partial charge in [0.15, 0.2) is 13.6 Å². The topological polar surface area (TPSA) is 75.8 Å². The molecular formula is C15H17O7W-. The van der Waals surface area contributed by atoms with Crippen LogP contribution in [0.4, 0.5) is 4.79 Å². The number of methoxy groups -OCH3 is 1. The molecule has 0 saturated carbocycles. The monoisotopic (exact) mass is 493 g/mol. The number of hydrogen-bond donors (Lipinski definition) is 0. The van der Waals surface area contributed by atoms with Crippen molar-refractivity contribution in [2.45, 2.75) is 6.10 Å². The first-order valence-corrected chi connectivity index (χ1v) is 6.56. The Morgan fingerprint density at radius 2 is 2.04 bits per heavy atom. The van der Waals surface area contributed by atoms with Gasteiger partial charge in [-0.1, -0.05) is 18.2 Å². The van der Waals surface area contributed by atoms with Gasteiger partial charge in [-0.25, -0.2) is 4.79 Å². The van der Waals surface area contributed by atoms with Crippen molar-refractivity contribution in [2.75, 3.05) is 27.3 Å². The number of epoxide rings is 1. The van der Waals surface area contributed by atoms with Gasteiger partial charge >= 0.3 is 6.16 Å². The molecule has 1 aromatic rings. The molecule has 0 N–H and O–H groups in total. The summed E-state index contributed by atoms with van der Waals surface area (Å²) in [4.78, 5) is 11.4. The minimum Gasteiger partial charge on any atom is -0.568 e. The molecule has 1 atom stereocenters. The van der Waals surface area contributed by atoms with Gasteiger partial charge in [0.25, 0.3) is 0 Å². The summed E-state index contributed by atoms with van der Waals surface area (Å²) in [6.45, 7) is 2.01. The van der Waals surface area contributed by atoms with E-state index in [9.17, 15) is 4.79 Å². The molecule has 0 aliphatic carbocycles. The summed E-state index contributed by atoms with van der Waals surface area (Å²) in [6.07, 6.45) is 2.46. The zero-order valence-electron chi connectivity index (χ0n) is 12.5. The molecule has 1 aliphatic rings. The Morgan fingerprint density at radius 1 is 1.30 bits per heavy atom. The second-order valence-corrected chi connectivity index (χ2v) is 4.24.